The highest BCUT2D eigenvalue weighted by atomic mass is 16.5. The molecule has 1 aromatic heterocycles. The third kappa shape index (κ3) is 2.76. The van der Waals surface area contributed by atoms with Gasteiger partial charge in [-0.2, -0.15) is 0 Å². The Balaban J connectivity index is 1.79. The van der Waals surface area contributed by atoms with Crippen LogP contribution in [0, 0.1) is 0 Å². The molecule has 1 aromatic carbocycles. The van der Waals surface area contributed by atoms with Crippen molar-refractivity contribution < 1.29 is 14.3 Å². The molecule has 0 bridgehead atoms. The molecule has 0 radical (unpaired) electrons. The first-order valence-electron chi connectivity index (χ1n) is 6.93. The van der Waals surface area contributed by atoms with Crippen molar-refractivity contribution in [3.05, 3.63) is 53.9 Å². The fraction of sp³-hybridized carbons (Fsp3) is 0.188. The van der Waals surface area contributed by atoms with Crippen LogP contribution in [0.15, 0.2) is 42.7 Å². The number of carbonyl (C=O) groups is 2. The maximum Gasteiger partial charge on any atom is 0.265 e. The number of para-hydroxylation sites is 1. The van der Waals surface area contributed by atoms with Crippen molar-refractivity contribution in [1.82, 2.24) is 10.3 Å². The summed E-state index contributed by atoms with van der Waals surface area (Å²) < 4.78 is 5.56. The third-order valence-electron chi connectivity index (χ3n) is 3.36. The highest BCUT2D eigenvalue weighted by Gasteiger charge is 2.27. The van der Waals surface area contributed by atoms with Crippen LogP contribution in [0.4, 0.5) is 5.69 Å². The van der Waals surface area contributed by atoms with E-state index < -0.39 is 6.10 Å². The summed E-state index contributed by atoms with van der Waals surface area (Å²) in [5.41, 5.74) is 1.81. The predicted octanol–water partition coefficient (Wildman–Crippen LogP) is 1.73. The molecule has 112 valence electrons. The number of aromatic nitrogens is 1. The van der Waals surface area contributed by atoms with Gasteiger partial charge in [0.2, 0.25) is 0 Å². The lowest BCUT2D eigenvalue weighted by Crippen LogP contribution is -2.35. The predicted molar refractivity (Wildman–Crippen MR) is 80.6 cm³/mol. The van der Waals surface area contributed by atoms with Crippen LogP contribution in [0.5, 0.6) is 5.75 Å². The fourth-order valence-electron chi connectivity index (χ4n) is 2.19. The van der Waals surface area contributed by atoms with Crippen LogP contribution in [-0.4, -0.2) is 22.9 Å². The van der Waals surface area contributed by atoms with Crippen molar-refractivity contribution in [2.24, 2.45) is 0 Å². The van der Waals surface area contributed by atoms with E-state index in [0.29, 0.717) is 23.5 Å². The Morgan fingerprint density at radius 3 is 3.00 bits per heavy atom. The van der Waals surface area contributed by atoms with Crippen LogP contribution < -0.4 is 15.4 Å². The molecule has 1 unspecified atom stereocenters. The Kier molecular flexibility index (Phi) is 3.74. The maximum atomic E-state index is 12.4. The summed E-state index contributed by atoms with van der Waals surface area (Å²) in [5.74, 6) is -0.0808. The molecule has 2 N–H and O–H groups in total. The molecule has 0 fully saturated rings. The van der Waals surface area contributed by atoms with E-state index in [4.69, 9.17) is 4.74 Å². The minimum absolute atomic E-state index is 0.222. The van der Waals surface area contributed by atoms with Crippen molar-refractivity contribution in [1.29, 1.82) is 0 Å². The smallest absolute Gasteiger partial charge is 0.265 e. The normalized spacial score (nSPS) is 16.2. The Labute approximate surface area is 127 Å². The molecule has 6 heteroatoms. The van der Waals surface area contributed by atoms with Gasteiger partial charge in [-0.25, -0.2) is 0 Å². The van der Waals surface area contributed by atoms with Crippen molar-refractivity contribution in [2.75, 3.05) is 5.32 Å². The number of hydrogen-bond donors (Lipinski definition) is 2. The number of rotatable bonds is 3. The molecule has 22 heavy (non-hydrogen) atoms. The number of hydrogen-bond acceptors (Lipinski definition) is 4. The van der Waals surface area contributed by atoms with Crippen LogP contribution in [-0.2, 0) is 11.3 Å². The molecular weight excluding hydrogens is 282 g/mol. The summed E-state index contributed by atoms with van der Waals surface area (Å²) in [4.78, 5) is 28.0. The molecule has 0 aliphatic carbocycles. The van der Waals surface area contributed by atoms with Gasteiger partial charge >= 0.3 is 0 Å². The molecule has 0 spiro atoms. The SMILES string of the molecule is CC1Oc2c(cccc2C(=O)NCc2cccnc2)NC1=O. The van der Waals surface area contributed by atoms with Gasteiger partial charge in [-0.1, -0.05) is 12.1 Å². The number of pyridine rings is 1. The molecule has 0 saturated carbocycles. The molecule has 2 aromatic rings. The number of amides is 2. The Morgan fingerprint density at radius 1 is 1.36 bits per heavy atom. The monoisotopic (exact) mass is 297 g/mol. The molecule has 2 amide bonds. The highest BCUT2D eigenvalue weighted by molar-refractivity contribution is 6.03. The van der Waals surface area contributed by atoms with E-state index in [1.54, 1.807) is 37.5 Å². The largest absolute Gasteiger partial charge is 0.478 e. The first kappa shape index (κ1) is 14.1. The van der Waals surface area contributed by atoms with Crippen molar-refractivity contribution in [3.63, 3.8) is 0 Å². The van der Waals surface area contributed by atoms with Gasteiger partial charge in [0.25, 0.3) is 11.8 Å². The molecule has 0 saturated heterocycles. The van der Waals surface area contributed by atoms with Gasteiger partial charge in [0.15, 0.2) is 11.9 Å². The second kappa shape index (κ2) is 5.85. The number of nitrogens with zero attached hydrogens (tertiary/aromatic N) is 1. The number of benzene rings is 1. The Bertz CT molecular complexity index is 716. The first-order valence-corrected chi connectivity index (χ1v) is 6.93. The molecule has 1 aliphatic rings. The molecule has 1 atom stereocenters. The van der Waals surface area contributed by atoms with Gasteiger partial charge in [0.05, 0.1) is 11.3 Å². The molecule has 2 heterocycles. The number of carbonyl (C=O) groups excluding carboxylic acids is 2. The number of ether oxygens (including phenoxy) is 1. The lowest BCUT2D eigenvalue weighted by atomic mass is 10.1. The van der Waals surface area contributed by atoms with Gasteiger partial charge in [-0.15, -0.1) is 0 Å². The summed E-state index contributed by atoms with van der Waals surface area (Å²) >= 11 is 0. The van der Waals surface area contributed by atoms with Gasteiger partial charge in [0, 0.05) is 18.9 Å². The topological polar surface area (TPSA) is 80.3 Å². The number of nitrogens with one attached hydrogen (secondary N) is 2. The molecular formula is C16H15N3O3. The lowest BCUT2D eigenvalue weighted by molar-refractivity contribution is -0.122. The van der Waals surface area contributed by atoms with Gasteiger partial charge in [0.1, 0.15) is 0 Å². The molecule has 3 rings (SSSR count). The summed E-state index contributed by atoms with van der Waals surface area (Å²) in [6, 6.07) is 8.77. The molecule has 1 aliphatic heterocycles. The van der Waals surface area contributed by atoms with Crippen LogP contribution in [0.2, 0.25) is 0 Å². The van der Waals surface area contributed by atoms with Crippen LogP contribution >= 0.6 is 0 Å². The second-order valence-corrected chi connectivity index (χ2v) is 4.98. The summed E-state index contributed by atoms with van der Waals surface area (Å²) in [6.45, 7) is 2.01. The van der Waals surface area contributed by atoms with Crippen molar-refractivity contribution >= 4 is 17.5 Å². The summed E-state index contributed by atoms with van der Waals surface area (Å²) in [5, 5.41) is 5.54. The zero-order chi connectivity index (χ0) is 15.5. The minimum atomic E-state index is -0.625. The van der Waals surface area contributed by atoms with E-state index in [2.05, 4.69) is 15.6 Å². The average molecular weight is 297 g/mol. The third-order valence-corrected chi connectivity index (χ3v) is 3.36. The van der Waals surface area contributed by atoms with Crippen molar-refractivity contribution in [3.8, 4) is 5.75 Å². The van der Waals surface area contributed by atoms with E-state index in [9.17, 15) is 9.59 Å². The quantitative estimate of drug-likeness (QED) is 0.904. The van der Waals surface area contributed by atoms with E-state index in [0.717, 1.165) is 5.56 Å². The zero-order valence-corrected chi connectivity index (χ0v) is 12.0. The van der Waals surface area contributed by atoms with E-state index in [-0.39, 0.29) is 11.8 Å². The molecule has 6 nitrogen and oxygen atoms in total. The second-order valence-electron chi connectivity index (χ2n) is 4.98. The Morgan fingerprint density at radius 2 is 2.23 bits per heavy atom. The van der Waals surface area contributed by atoms with Crippen LogP contribution in [0.25, 0.3) is 0 Å². The van der Waals surface area contributed by atoms with Crippen molar-refractivity contribution in [2.45, 2.75) is 19.6 Å². The van der Waals surface area contributed by atoms with Crippen LogP contribution in [0.1, 0.15) is 22.8 Å². The Hall–Kier alpha value is -2.89. The maximum absolute atomic E-state index is 12.4. The van der Waals surface area contributed by atoms with Crippen LogP contribution in [0.3, 0.4) is 0 Å². The standard InChI is InChI=1S/C16H15N3O3/c1-10-15(20)19-13-6-2-5-12(14(13)22-10)16(21)18-9-11-4-3-7-17-8-11/h2-8,10H,9H2,1H3,(H,18,21)(H,19,20). The van der Waals surface area contributed by atoms with E-state index in [1.807, 2.05) is 12.1 Å². The summed E-state index contributed by atoms with van der Waals surface area (Å²) in [7, 11) is 0. The van der Waals surface area contributed by atoms with E-state index in [1.165, 1.54) is 0 Å². The fourth-order valence-corrected chi connectivity index (χ4v) is 2.19. The van der Waals surface area contributed by atoms with Gasteiger partial charge in [-0.05, 0) is 30.7 Å². The minimum Gasteiger partial charge on any atom is -0.478 e. The van der Waals surface area contributed by atoms with E-state index >= 15 is 0 Å². The average Bonchev–Trinajstić information content (AvgIpc) is 2.54. The number of anilines is 1. The zero-order valence-electron chi connectivity index (χ0n) is 12.0. The summed E-state index contributed by atoms with van der Waals surface area (Å²) in [6.07, 6.45) is 2.75. The number of fused-ring (bicyclic) bond motifs is 1. The van der Waals surface area contributed by atoms with Gasteiger partial charge in [-0.3, -0.25) is 14.6 Å². The highest BCUT2D eigenvalue weighted by Crippen LogP contribution is 2.33. The first-order chi connectivity index (χ1) is 10.6. The van der Waals surface area contributed by atoms with Gasteiger partial charge < -0.3 is 15.4 Å². The lowest BCUT2D eigenvalue weighted by Gasteiger charge is -2.25.